The third kappa shape index (κ3) is 3.86. The number of hydrogen-bond acceptors (Lipinski definition) is 4. The van der Waals surface area contributed by atoms with Gasteiger partial charge in [-0.3, -0.25) is 4.79 Å². The van der Waals surface area contributed by atoms with Gasteiger partial charge in [-0.2, -0.15) is 0 Å². The first-order chi connectivity index (χ1) is 9.10. The quantitative estimate of drug-likeness (QED) is 0.677. The van der Waals surface area contributed by atoms with Crippen LogP contribution in [0.25, 0.3) is 0 Å². The van der Waals surface area contributed by atoms with Gasteiger partial charge in [-0.15, -0.1) is 0 Å². The molecule has 1 aromatic rings. The maximum atomic E-state index is 11.5. The number of carbonyl (C=O) groups is 1. The molecule has 104 valence electrons. The maximum absolute atomic E-state index is 11.5. The summed E-state index contributed by atoms with van der Waals surface area (Å²) in [4.78, 5) is 11.5. The SMILES string of the molecule is COc1ccc(C(O)CCC(=O)NC2CC2)cc1N. The van der Waals surface area contributed by atoms with Crippen LogP contribution < -0.4 is 15.8 Å². The molecule has 0 aliphatic heterocycles. The lowest BCUT2D eigenvalue weighted by Crippen LogP contribution is -2.25. The van der Waals surface area contributed by atoms with Crippen molar-refractivity contribution in [3.8, 4) is 5.75 Å². The van der Waals surface area contributed by atoms with E-state index in [2.05, 4.69) is 5.32 Å². The molecule has 0 heterocycles. The van der Waals surface area contributed by atoms with Crippen LogP contribution in [0, 0.1) is 0 Å². The minimum atomic E-state index is -0.682. The van der Waals surface area contributed by atoms with Crippen molar-refractivity contribution in [2.75, 3.05) is 12.8 Å². The number of hydrogen-bond donors (Lipinski definition) is 3. The fourth-order valence-corrected chi connectivity index (χ4v) is 1.92. The van der Waals surface area contributed by atoms with Crippen molar-refractivity contribution in [1.82, 2.24) is 5.32 Å². The van der Waals surface area contributed by atoms with E-state index in [1.54, 1.807) is 25.3 Å². The van der Waals surface area contributed by atoms with Crippen LogP contribution in [0.1, 0.15) is 37.4 Å². The second kappa shape index (κ2) is 5.93. The van der Waals surface area contributed by atoms with Gasteiger partial charge in [-0.05, 0) is 37.0 Å². The van der Waals surface area contributed by atoms with E-state index in [9.17, 15) is 9.90 Å². The van der Waals surface area contributed by atoms with Gasteiger partial charge in [-0.1, -0.05) is 6.07 Å². The minimum absolute atomic E-state index is 0.00281. The smallest absolute Gasteiger partial charge is 0.220 e. The monoisotopic (exact) mass is 264 g/mol. The Hall–Kier alpha value is -1.75. The minimum Gasteiger partial charge on any atom is -0.495 e. The van der Waals surface area contributed by atoms with E-state index in [4.69, 9.17) is 10.5 Å². The average Bonchev–Trinajstić information content (AvgIpc) is 3.19. The van der Waals surface area contributed by atoms with Gasteiger partial charge in [0.1, 0.15) is 5.75 Å². The number of amides is 1. The van der Waals surface area contributed by atoms with Gasteiger partial charge in [0, 0.05) is 12.5 Å². The van der Waals surface area contributed by atoms with Gasteiger partial charge >= 0.3 is 0 Å². The van der Waals surface area contributed by atoms with Crippen LogP contribution in [0.4, 0.5) is 5.69 Å². The lowest BCUT2D eigenvalue weighted by molar-refractivity contribution is -0.121. The van der Waals surface area contributed by atoms with Gasteiger partial charge in [0.15, 0.2) is 0 Å². The Labute approximate surface area is 112 Å². The van der Waals surface area contributed by atoms with E-state index in [-0.39, 0.29) is 5.91 Å². The molecule has 2 rings (SSSR count). The predicted molar refractivity (Wildman–Crippen MR) is 72.8 cm³/mol. The number of nitrogens with one attached hydrogen (secondary N) is 1. The summed E-state index contributed by atoms with van der Waals surface area (Å²) in [6, 6.07) is 5.53. The summed E-state index contributed by atoms with van der Waals surface area (Å²) in [5.41, 5.74) is 6.98. The second-order valence-electron chi connectivity index (χ2n) is 4.90. The van der Waals surface area contributed by atoms with Crippen molar-refractivity contribution < 1.29 is 14.6 Å². The summed E-state index contributed by atoms with van der Waals surface area (Å²) in [5.74, 6) is 0.588. The van der Waals surface area contributed by atoms with Crippen molar-refractivity contribution in [1.29, 1.82) is 0 Å². The van der Waals surface area contributed by atoms with Crippen LogP contribution in [0.2, 0.25) is 0 Å². The van der Waals surface area contributed by atoms with Gasteiger partial charge in [0.2, 0.25) is 5.91 Å². The normalized spacial score (nSPS) is 15.9. The highest BCUT2D eigenvalue weighted by atomic mass is 16.5. The maximum Gasteiger partial charge on any atom is 0.220 e. The Morgan fingerprint density at radius 1 is 1.58 bits per heavy atom. The Bertz CT molecular complexity index is 458. The Kier molecular flexibility index (Phi) is 4.27. The van der Waals surface area contributed by atoms with E-state index in [1.807, 2.05) is 0 Å². The summed E-state index contributed by atoms with van der Waals surface area (Å²) in [5, 5.41) is 12.9. The largest absolute Gasteiger partial charge is 0.495 e. The summed E-state index contributed by atoms with van der Waals surface area (Å²) in [6.07, 6.45) is 2.18. The molecule has 5 heteroatoms. The second-order valence-corrected chi connectivity index (χ2v) is 4.90. The zero-order valence-electron chi connectivity index (χ0n) is 11.1. The van der Waals surface area contributed by atoms with Crippen molar-refractivity contribution in [2.45, 2.75) is 37.8 Å². The molecule has 1 fully saturated rings. The number of aliphatic hydroxyl groups is 1. The van der Waals surface area contributed by atoms with E-state index in [0.29, 0.717) is 35.9 Å². The van der Waals surface area contributed by atoms with E-state index in [0.717, 1.165) is 12.8 Å². The van der Waals surface area contributed by atoms with Crippen molar-refractivity contribution in [3.63, 3.8) is 0 Å². The highest BCUT2D eigenvalue weighted by molar-refractivity contribution is 5.76. The summed E-state index contributed by atoms with van der Waals surface area (Å²) in [6.45, 7) is 0. The lowest BCUT2D eigenvalue weighted by atomic mass is 10.0. The molecule has 0 spiro atoms. The van der Waals surface area contributed by atoms with E-state index >= 15 is 0 Å². The molecular formula is C14H20N2O3. The molecule has 4 N–H and O–H groups in total. The number of nitrogen functional groups attached to an aromatic ring is 1. The fourth-order valence-electron chi connectivity index (χ4n) is 1.92. The third-order valence-electron chi connectivity index (χ3n) is 3.23. The average molecular weight is 264 g/mol. The van der Waals surface area contributed by atoms with Crippen LogP contribution in [0.3, 0.4) is 0 Å². The highest BCUT2D eigenvalue weighted by Crippen LogP contribution is 2.27. The lowest BCUT2D eigenvalue weighted by Gasteiger charge is -2.13. The first-order valence-electron chi connectivity index (χ1n) is 6.51. The molecule has 19 heavy (non-hydrogen) atoms. The first kappa shape index (κ1) is 13.7. The van der Waals surface area contributed by atoms with Crippen molar-refractivity contribution in [2.24, 2.45) is 0 Å². The zero-order chi connectivity index (χ0) is 13.8. The fraction of sp³-hybridized carbons (Fsp3) is 0.500. The van der Waals surface area contributed by atoms with Crippen molar-refractivity contribution in [3.05, 3.63) is 23.8 Å². The highest BCUT2D eigenvalue weighted by Gasteiger charge is 2.23. The summed E-state index contributed by atoms with van der Waals surface area (Å²) >= 11 is 0. The van der Waals surface area contributed by atoms with Gasteiger partial charge in [-0.25, -0.2) is 0 Å². The molecule has 1 aromatic carbocycles. The molecule has 1 atom stereocenters. The van der Waals surface area contributed by atoms with Gasteiger partial charge in [0.05, 0.1) is 18.9 Å². The molecule has 1 unspecified atom stereocenters. The van der Waals surface area contributed by atoms with Crippen molar-refractivity contribution >= 4 is 11.6 Å². The number of nitrogens with two attached hydrogens (primary N) is 1. The van der Waals surface area contributed by atoms with Gasteiger partial charge in [0.25, 0.3) is 0 Å². The number of benzene rings is 1. The third-order valence-corrected chi connectivity index (χ3v) is 3.23. The molecular weight excluding hydrogens is 244 g/mol. The number of rotatable bonds is 6. The molecule has 0 aromatic heterocycles. The number of anilines is 1. The first-order valence-corrected chi connectivity index (χ1v) is 6.51. The Balaban J connectivity index is 1.86. The van der Waals surface area contributed by atoms with E-state index in [1.165, 1.54) is 0 Å². The molecule has 5 nitrogen and oxygen atoms in total. The topological polar surface area (TPSA) is 84.6 Å². The van der Waals surface area contributed by atoms with E-state index < -0.39 is 6.10 Å². The molecule has 0 saturated heterocycles. The standard InChI is InChI=1S/C14H20N2O3/c1-19-13-6-2-9(8-11(13)15)12(17)5-7-14(18)16-10-3-4-10/h2,6,8,10,12,17H,3-5,7,15H2,1H3,(H,16,18). The molecule has 1 aliphatic rings. The van der Waals surface area contributed by atoms with Gasteiger partial charge < -0.3 is 20.9 Å². The molecule has 0 bridgehead atoms. The zero-order valence-corrected chi connectivity index (χ0v) is 11.1. The van der Waals surface area contributed by atoms with Crippen LogP contribution in [-0.2, 0) is 4.79 Å². The number of methoxy groups -OCH3 is 1. The van der Waals surface area contributed by atoms with Crippen LogP contribution >= 0.6 is 0 Å². The number of ether oxygens (including phenoxy) is 1. The Morgan fingerprint density at radius 3 is 2.89 bits per heavy atom. The van der Waals surface area contributed by atoms with Crippen LogP contribution in [0.5, 0.6) is 5.75 Å². The number of carbonyl (C=O) groups excluding carboxylic acids is 1. The summed E-state index contributed by atoms with van der Waals surface area (Å²) < 4.78 is 5.06. The summed E-state index contributed by atoms with van der Waals surface area (Å²) in [7, 11) is 1.55. The molecule has 1 saturated carbocycles. The number of aliphatic hydroxyl groups excluding tert-OH is 1. The molecule has 0 radical (unpaired) electrons. The Morgan fingerprint density at radius 2 is 2.32 bits per heavy atom. The van der Waals surface area contributed by atoms with Crippen LogP contribution in [0.15, 0.2) is 18.2 Å². The molecule has 1 aliphatic carbocycles. The predicted octanol–water partition coefficient (Wildman–Crippen LogP) is 1.37. The van der Waals surface area contributed by atoms with Crippen LogP contribution in [-0.4, -0.2) is 24.2 Å². The molecule has 1 amide bonds.